The smallest absolute Gasteiger partial charge is 0.338 e. The number of aryl methyl sites for hydroxylation is 1. The van der Waals surface area contributed by atoms with Crippen molar-refractivity contribution in [1.82, 2.24) is 9.96 Å². The summed E-state index contributed by atoms with van der Waals surface area (Å²) in [6, 6.07) is 6.00. The van der Waals surface area contributed by atoms with E-state index in [1.165, 1.54) is 0 Å². The number of benzene rings is 1. The molecule has 0 aliphatic carbocycles. The molecule has 6 nitrogen and oxygen atoms in total. The Morgan fingerprint density at radius 3 is 2.06 bits per heavy atom. The van der Waals surface area contributed by atoms with Crippen LogP contribution in [0.15, 0.2) is 24.3 Å². The lowest BCUT2D eigenvalue weighted by atomic mass is 10.2. The molecule has 0 bridgehead atoms. The van der Waals surface area contributed by atoms with Gasteiger partial charge in [-0.05, 0) is 17.7 Å². The average Bonchev–Trinajstić information content (AvgIpc) is 2.15. The number of primary amides is 2. The van der Waals surface area contributed by atoms with Crippen LogP contribution < -0.4 is 26.6 Å². The molecule has 1 aromatic carbocycles. The lowest BCUT2D eigenvalue weighted by Crippen LogP contribution is -2.62. The third kappa shape index (κ3) is 3.28. The van der Waals surface area contributed by atoms with Gasteiger partial charge in [-0.25, -0.2) is 9.59 Å². The van der Waals surface area contributed by atoms with Gasteiger partial charge in [0.15, 0.2) is 0 Å². The summed E-state index contributed by atoms with van der Waals surface area (Å²) >= 11 is 0. The second kappa shape index (κ2) is 5.17. The first-order valence-corrected chi connectivity index (χ1v) is 6.06. The van der Waals surface area contributed by atoms with Gasteiger partial charge in [0.2, 0.25) is 0 Å². The number of carbonyl (C=O) groups excluding carboxylic acids is 2. The molecule has 16 heavy (non-hydrogen) atoms. The van der Waals surface area contributed by atoms with Crippen molar-refractivity contribution < 1.29 is 9.59 Å². The van der Waals surface area contributed by atoms with Gasteiger partial charge in [-0.3, -0.25) is 0 Å². The molecule has 0 aliphatic heterocycles. The number of amides is 4. The van der Waals surface area contributed by atoms with E-state index in [-0.39, 0.29) is 0 Å². The minimum absolute atomic E-state index is 0.689. The van der Waals surface area contributed by atoms with Crippen molar-refractivity contribution in [2.45, 2.75) is 6.92 Å². The largest absolute Gasteiger partial charge is 0.352 e. The zero-order valence-electron chi connectivity index (χ0n) is 8.78. The highest BCUT2D eigenvalue weighted by Gasteiger charge is 2.20. The normalized spacial score (nSPS) is 9.88. The van der Waals surface area contributed by atoms with Crippen LogP contribution in [-0.2, 0) is 0 Å². The van der Waals surface area contributed by atoms with Gasteiger partial charge in [0.1, 0.15) is 0 Å². The van der Waals surface area contributed by atoms with Crippen molar-refractivity contribution in [3.05, 3.63) is 29.8 Å². The summed E-state index contributed by atoms with van der Waals surface area (Å²) in [6.45, 7) is 1.88. The SMILES string of the molecule is Cc1ccccc1[Si](NC(N)=O)NC(N)=O. The van der Waals surface area contributed by atoms with Gasteiger partial charge in [0, 0.05) is 0 Å². The fourth-order valence-electron chi connectivity index (χ4n) is 1.27. The van der Waals surface area contributed by atoms with Gasteiger partial charge in [-0.1, -0.05) is 24.3 Å². The van der Waals surface area contributed by atoms with Gasteiger partial charge in [0.25, 0.3) is 0 Å². The number of carbonyl (C=O) groups is 2. The Balaban J connectivity index is 2.96. The summed E-state index contributed by atoms with van der Waals surface area (Å²) in [5.41, 5.74) is 11.0. The Morgan fingerprint density at radius 2 is 1.62 bits per heavy atom. The maximum absolute atomic E-state index is 10.8. The number of nitrogens with two attached hydrogens (primary N) is 2. The van der Waals surface area contributed by atoms with Gasteiger partial charge in [-0.15, -0.1) is 0 Å². The van der Waals surface area contributed by atoms with Crippen LogP contribution in [0.2, 0.25) is 0 Å². The molecule has 0 aromatic heterocycles. The first-order chi connectivity index (χ1) is 7.50. The second-order valence-electron chi connectivity index (χ2n) is 3.17. The molecular weight excluding hydrogens is 224 g/mol. The molecule has 1 aromatic rings. The number of hydrogen-bond donors (Lipinski definition) is 4. The van der Waals surface area contributed by atoms with E-state index >= 15 is 0 Å². The molecule has 0 saturated heterocycles. The van der Waals surface area contributed by atoms with Gasteiger partial charge < -0.3 is 21.4 Å². The van der Waals surface area contributed by atoms with Gasteiger partial charge in [0.05, 0.1) is 0 Å². The van der Waals surface area contributed by atoms with Gasteiger partial charge in [-0.2, -0.15) is 0 Å². The molecule has 1 radical (unpaired) electrons. The van der Waals surface area contributed by atoms with E-state index in [0.29, 0.717) is 0 Å². The zero-order valence-corrected chi connectivity index (χ0v) is 9.78. The van der Waals surface area contributed by atoms with Crippen LogP contribution in [0.1, 0.15) is 5.56 Å². The van der Waals surface area contributed by atoms with Crippen molar-refractivity contribution in [3.8, 4) is 0 Å². The summed E-state index contributed by atoms with van der Waals surface area (Å²) in [6.07, 6.45) is 0. The Hall–Kier alpha value is -2.02. The zero-order chi connectivity index (χ0) is 12.1. The highest BCUT2D eigenvalue weighted by molar-refractivity contribution is 6.73. The van der Waals surface area contributed by atoms with E-state index < -0.39 is 21.2 Å². The molecule has 85 valence electrons. The summed E-state index contributed by atoms with van der Waals surface area (Å²) in [7, 11) is -1.80. The summed E-state index contributed by atoms with van der Waals surface area (Å²) in [5, 5.41) is 0.838. The van der Waals surface area contributed by atoms with E-state index in [0.717, 1.165) is 10.8 Å². The molecule has 0 fully saturated rings. The molecule has 0 saturated carbocycles. The number of nitrogens with one attached hydrogen (secondary N) is 2. The number of hydrogen-bond acceptors (Lipinski definition) is 2. The Labute approximate surface area is 94.8 Å². The standard InChI is InChI=1S/C9H13N4O2Si/c1-6-4-2-3-5-7(6)16(12-8(10)14)13-9(11)15/h2-5H,1H3,(H3,10,12,14)(H3,11,13,15). The maximum Gasteiger partial charge on any atom is 0.338 e. The maximum atomic E-state index is 10.8. The monoisotopic (exact) mass is 237 g/mol. The third-order valence-electron chi connectivity index (χ3n) is 1.91. The predicted octanol–water partition coefficient (Wildman–Crippen LogP) is -0.973. The summed E-state index contributed by atoms with van der Waals surface area (Å²) in [4.78, 5) is 26.6. The highest BCUT2D eigenvalue weighted by Crippen LogP contribution is 1.93. The Morgan fingerprint density at radius 1 is 1.12 bits per heavy atom. The summed E-state index contributed by atoms with van der Waals surface area (Å²) in [5.74, 6) is 0. The van der Waals surface area contributed by atoms with E-state index in [2.05, 4.69) is 9.96 Å². The van der Waals surface area contributed by atoms with E-state index in [1.54, 1.807) is 0 Å². The van der Waals surface area contributed by atoms with Crippen molar-refractivity contribution in [2.24, 2.45) is 11.5 Å². The molecule has 4 amide bonds. The molecule has 1 rings (SSSR count). The molecule has 0 aliphatic rings. The molecule has 0 spiro atoms. The minimum atomic E-state index is -1.80. The van der Waals surface area contributed by atoms with Crippen molar-refractivity contribution in [2.75, 3.05) is 0 Å². The number of urea groups is 2. The first-order valence-electron chi connectivity index (χ1n) is 4.56. The average molecular weight is 237 g/mol. The molecule has 0 unspecified atom stereocenters. The first kappa shape index (κ1) is 12.0. The molecule has 0 heterocycles. The molecule has 0 atom stereocenters. The molecular formula is C9H13N4O2Si. The van der Waals surface area contributed by atoms with Crippen molar-refractivity contribution in [3.63, 3.8) is 0 Å². The second-order valence-corrected chi connectivity index (χ2v) is 4.96. The van der Waals surface area contributed by atoms with E-state index in [9.17, 15) is 9.59 Å². The Kier molecular flexibility index (Phi) is 3.89. The number of rotatable bonds is 3. The van der Waals surface area contributed by atoms with E-state index in [4.69, 9.17) is 11.5 Å². The third-order valence-corrected chi connectivity index (χ3v) is 4.00. The van der Waals surface area contributed by atoms with Crippen LogP contribution in [0, 0.1) is 6.92 Å². The fraction of sp³-hybridized carbons (Fsp3) is 0.111. The van der Waals surface area contributed by atoms with Crippen LogP contribution in [0.4, 0.5) is 9.59 Å². The lowest BCUT2D eigenvalue weighted by Gasteiger charge is -2.16. The van der Waals surface area contributed by atoms with Crippen LogP contribution >= 0.6 is 0 Å². The predicted molar refractivity (Wildman–Crippen MR) is 62.0 cm³/mol. The minimum Gasteiger partial charge on any atom is -0.352 e. The lowest BCUT2D eigenvalue weighted by molar-refractivity contribution is 0.252. The van der Waals surface area contributed by atoms with Crippen LogP contribution in [0.3, 0.4) is 0 Å². The van der Waals surface area contributed by atoms with Crippen molar-refractivity contribution in [1.29, 1.82) is 0 Å². The highest BCUT2D eigenvalue weighted by atomic mass is 28.3. The summed E-state index contributed by atoms with van der Waals surface area (Å²) < 4.78 is 0. The fourth-order valence-corrected chi connectivity index (χ4v) is 2.83. The molecule has 7 heteroatoms. The topological polar surface area (TPSA) is 110 Å². The van der Waals surface area contributed by atoms with Crippen LogP contribution in [0.5, 0.6) is 0 Å². The molecule has 6 N–H and O–H groups in total. The van der Waals surface area contributed by atoms with Crippen molar-refractivity contribution >= 4 is 26.4 Å². The van der Waals surface area contributed by atoms with Crippen LogP contribution in [0.25, 0.3) is 0 Å². The Bertz CT molecular complexity index is 394. The van der Waals surface area contributed by atoms with E-state index in [1.807, 2.05) is 31.2 Å². The van der Waals surface area contributed by atoms with Crippen LogP contribution in [-0.4, -0.2) is 21.2 Å². The van der Waals surface area contributed by atoms with Gasteiger partial charge >= 0.3 is 21.2 Å². The quantitative estimate of drug-likeness (QED) is 0.507.